The Hall–Kier alpha value is -4.92. The molecule has 0 atom stereocenters. The lowest BCUT2D eigenvalue weighted by Gasteiger charge is -2.06. The molecule has 0 aliphatic heterocycles. The first kappa shape index (κ1) is 21.6. The second-order valence-corrected chi connectivity index (χ2v) is 8.34. The highest BCUT2D eigenvalue weighted by Crippen LogP contribution is 2.33. The summed E-state index contributed by atoms with van der Waals surface area (Å²) < 4.78 is 13.9. The van der Waals surface area contributed by atoms with Gasteiger partial charge in [-0.25, -0.2) is 14.4 Å². The highest BCUT2D eigenvalue weighted by molar-refractivity contribution is 5.99. The fraction of sp³-hybridized carbons (Fsp3) is 0.0741. The fourth-order valence-electron chi connectivity index (χ4n) is 4.21. The maximum absolute atomic E-state index is 13.9. The lowest BCUT2D eigenvalue weighted by atomic mass is 10.0. The molecule has 0 radical (unpaired) electrons. The van der Waals surface area contributed by atoms with Crippen LogP contribution >= 0.6 is 0 Å². The monoisotopic (exact) mass is 477 g/mol. The number of nitrogens with zero attached hydrogens (tertiary/aromatic N) is 4. The van der Waals surface area contributed by atoms with Crippen LogP contribution in [0, 0.1) is 5.82 Å². The number of pyridine rings is 3. The third-order valence-electron chi connectivity index (χ3n) is 5.97. The number of nitrogens with one attached hydrogen (secondary N) is 3. The Morgan fingerprint density at radius 1 is 1.06 bits per heavy atom. The number of benzene rings is 1. The molecule has 6 aromatic rings. The average molecular weight is 478 g/mol. The molecule has 5 heterocycles. The van der Waals surface area contributed by atoms with Gasteiger partial charge in [-0.1, -0.05) is 19.1 Å². The lowest BCUT2D eigenvalue weighted by Crippen LogP contribution is -2.09. The number of carbonyl (C=O) groups excluding carboxylic acids is 1. The van der Waals surface area contributed by atoms with Crippen molar-refractivity contribution in [3.8, 4) is 33.8 Å². The van der Waals surface area contributed by atoms with Crippen molar-refractivity contribution >= 4 is 33.7 Å². The highest BCUT2D eigenvalue weighted by Gasteiger charge is 2.16. The number of aromatic amines is 2. The molecule has 0 bridgehead atoms. The standard InChI is InChI=1S/C27H20FN7O/c1-2-24(36)31-18-11-16(13-29-14-18)21-6-7-22-25(32-21)26(35-34-22)23-12-20-19(8-9-30-27(20)33-23)15-4-3-5-17(28)10-15/h3-14H,2H2,1H3,(H,30,33)(H,31,36)(H,34,35). The van der Waals surface area contributed by atoms with Crippen LogP contribution in [0.25, 0.3) is 55.8 Å². The molecule has 0 spiro atoms. The molecule has 36 heavy (non-hydrogen) atoms. The second kappa shape index (κ2) is 8.70. The van der Waals surface area contributed by atoms with E-state index in [0.717, 1.165) is 33.3 Å². The number of H-pyrrole nitrogens is 2. The summed E-state index contributed by atoms with van der Waals surface area (Å²) in [5.74, 6) is -0.379. The summed E-state index contributed by atoms with van der Waals surface area (Å²) in [5.41, 5.74) is 7.20. The first-order valence-corrected chi connectivity index (χ1v) is 11.4. The van der Waals surface area contributed by atoms with Crippen LogP contribution in [0.15, 0.2) is 73.2 Å². The number of hydrogen-bond acceptors (Lipinski definition) is 5. The van der Waals surface area contributed by atoms with Gasteiger partial charge in [0.15, 0.2) is 0 Å². The summed E-state index contributed by atoms with van der Waals surface area (Å²) in [6, 6.07) is 15.9. The van der Waals surface area contributed by atoms with Crippen LogP contribution in [0.3, 0.4) is 0 Å². The van der Waals surface area contributed by atoms with Crippen molar-refractivity contribution in [1.29, 1.82) is 0 Å². The molecule has 0 aliphatic carbocycles. The second-order valence-electron chi connectivity index (χ2n) is 8.34. The first-order valence-electron chi connectivity index (χ1n) is 11.4. The van der Waals surface area contributed by atoms with Crippen LogP contribution < -0.4 is 5.32 Å². The normalized spacial score (nSPS) is 11.3. The van der Waals surface area contributed by atoms with Gasteiger partial charge in [0.2, 0.25) is 5.91 Å². The van der Waals surface area contributed by atoms with Gasteiger partial charge in [0.05, 0.1) is 28.8 Å². The molecule has 3 N–H and O–H groups in total. The van der Waals surface area contributed by atoms with Crippen LogP contribution in [-0.4, -0.2) is 36.0 Å². The third-order valence-corrected chi connectivity index (χ3v) is 5.97. The third kappa shape index (κ3) is 3.86. The summed E-state index contributed by atoms with van der Waals surface area (Å²) in [6.07, 6.45) is 5.38. The van der Waals surface area contributed by atoms with Crippen molar-refractivity contribution in [2.24, 2.45) is 0 Å². The van der Waals surface area contributed by atoms with E-state index in [1.807, 2.05) is 36.4 Å². The Bertz CT molecular complexity index is 1750. The lowest BCUT2D eigenvalue weighted by molar-refractivity contribution is -0.115. The van der Waals surface area contributed by atoms with Crippen molar-refractivity contribution < 1.29 is 9.18 Å². The van der Waals surface area contributed by atoms with Gasteiger partial charge in [-0.15, -0.1) is 0 Å². The topological polar surface area (TPSA) is 112 Å². The summed E-state index contributed by atoms with van der Waals surface area (Å²) in [6.45, 7) is 1.79. The van der Waals surface area contributed by atoms with Gasteiger partial charge in [-0.3, -0.25) is 14.9 Å². The minimum atomic E-state index is -0.295. The minimum absolute atomic E-state index is 0.0838. The summed E-state index contributed by atoms with van der Waals surface area (Å²) in [4.78, 5) is 28.7. The largest absolute Gasteiger partial charge is 0.338 e. The molecule has 6 rings (SSSR count). The van der Waals surface area contributed by atoms with Gasteiger partial charge in [-0.05, 0) is 53.6 Å². The maximum Gasteiger partial charge on any atom is 0.224 e. The molecule has 8 nitrogen and oxygen atoms in total. The van der Waals surface area contributed by atoms with E-state index in [1.54, 1.807) is 31.6 Å². The van der Waals surface area contributed by atoms with Gasteiger partial charge in [0.1, 0.15) is 22.7 Å². The Labute approximate surface area is 204 Å². The number of halogens is 1. The van der Waals surface area contributed by atoms with Crippen LogP contribution in [0.1, 0.15) is 13.3 Å². The smallest absolute Gasteiger partial charge is 0.224 e. The van der Waals surface area contributed by atoms with E-state index in [-0.39, 0.29) is 11.7 Å². The minimum Gasteiger partial charge on any atom is -0.338 e. The molecule has 176 valence electrons. The number of amides is 1. The van der Waals surface area contributed by atoms with Crippen molar-refractivity contribution in [1.82, 2.24) is 30.1 Å². The highest BCUT2D eigenvalue weighted by atomic mass is 19.1. The van der Waals surface area contributed by atoms with Gasteiger partial charge in [0, 0.05) is 29.8 Å². The zero-order chi connectivity index (χ0) is 24.6. The number of fused-ring (bicyclic) bond motifs is 2. The SMILES string of the molecule is CCC(=O)Nc1cncc(-c2ccc3[nH]nc(-c4cc5c(-c6cccc(F)c6)ccnc5[nH]4)c3n2)c1. The Balaban J connectivity index is 1.43. The molecular formula is C27H20FN7O. The molecular weight excluding hydrogens is 457 g/mol. The van der Waals surface area contributed by atoms with Crippen molar-refractivity contribution in [3.05, 3.63) is 79.0 Å². The number of aromatic nitrogens is 6. The van der Waals surface area contributed by atoms with E-state index in [0.29, 0.717) is 34.7 Å². The molecule has 1 amide bonds. The van der Waals surface area contributed by atoms with Crippen molar-refractivity contribution in [2.45, 2.75) is 13.3 Å². The molecule has 0 saturated carbocycles. The van der Waals surface area contributed by atoms with Crippen LogP contribution in [0.5, 0.6) is 0 Å². The zero-order valence-corrected chi connectivity index (χ0v) is 19.2. The van der Waals surface area contributed by atoms with Crippen molar-refractivity contribution in [2.75, 3.05) is 5.32 Å². The Morgan fingerprint density at radius 2 is 1.97 bits per heavy atom. The number of hydrogen-bond donors (Lipinski definition) is 3. The van der Waals surface area contributed by atoms with E-state index in [4.69, 9.17) is 4.98 Å². The Morgan fingerprint density at radius 3 is 2.83 bits per heavy atom. The van der Waals surface area contributed by atoms with Crippen LogP contribution in [0.2, 0.25) is 0 Å². The molecule has 1 aromatic carbocycles. The van der Waals surface area contributed by atoms with Gasteiger partial charge < -0.3 is 10.3 Å². The average Bonchev–Trinajstić information content (AvgIpc) is 3.52. The molecule has 0 unspecified atom stereocenters. The predicted octanol–water partition coefficient (Wildman–Crippen LogP) is 5.72. The first-order chi connectivity index (χ1) is 17.6. The predicted molar refractivity (Wildman–Crippen MR) is 137 cm³/mol. The zero-order valence-electron chi connectivity index (χ0n) is 19.2. The Kier molecular flexibility index (Phi) is 5.22. The van der Waals surface area contributed by atoms with Gasteiger partial charge in [-0.2, -0.15) is 5.10 Å². The molecule has 0 saturated heterocycles. The number of carbonyl (C=O) groups is 1. The summed E-state index contributed by atoms with van der Waals surface area (Å²) in [7, 11) is 0. The molecule has 9 heteroatoms. The summed E-state index contributed by atoms with van der Waals surface area (Å²) >= 11 is 0. The van der Waals surface area contributed by atoms with Gasteiger partial charge >= 0.3 is 0 Å². The quantitative estimate of drug-likeness (QED) is 0.294. The maximum atomic E-state index is 13.9. The fourth-order valence-corrected chi connectivity index (χ4v) is 4.21. The van der Waals surface area contributed by atoms with E-state index >= 15 is 0 Å². The van der Waals surface area contributed by atoms with E-state index in [9.17, 15) is 9.18 Å². The molecule has 0 fully saturated rings. The number of rotatable bonds is 5. The number of anilines is 1. The van der Waals surface area contributed by atoms with E-state index < -0.39 is 0 Å². The van der Waals surface area contributed by atoms with Crippen molar-refractivity contribution in [3.63, 3.8) is 0 Å². The van der Waals surface area contributed by atoms with Gasteiger partial charge in [0.25, 0.3) is 0 Å². The van der Waals surface area contributed by atoms with E-state index in [1.165, 1.54) is 12.1 Å². The van der Waals surface area contributed by atoms with Crippen LogP contribution in [-0.2, 0) is 4.79 Å². The summed E-state index contributed by atoms with van der Waals surface area (Å²) in [5, 5.41) is 11.2. The van der Waals surface area contributed by atoms with Crippen LogP contribution in [0.4, 0.5) is 10.1 Å². The molecule has 5 aromatic heterocycles. The molecule has 0 aliphatic rings. The van der Waals surface area contributed by atoms with E-state index in [2.05, 4.69) is 30.5 Å².